The van der Waals surface area contributed by atoms with Crippen molar-refractivity contribution in [3.8, 4) is 17.3 Å². The molecule has 2 aromatic heterocycles. The lowest BCUT2D eigenvalue weighted by atomic mass is 9.97. The number of benzene rings is 2. The number of imidazole rings is 1. The number of unbranched alkanes of at least 4 members (excludes halogenated alkanes) is 3. The highest BCUT2D eigenvalue weighted by Gasteiger charge is 2.28. The predicted octanol–water partition coefficient (Wildman–Crippen LogP) is 5.49. The first-order valence-electron chi connectivity index (χ1n) is 15.9. The van der Waals surface area contributed by atoms with E-state index in [1.807, 2.05) is 17.0 Å². The molecule has 42 heavy (non-hydrogen) atoms. The quantitative estimate of drug-likeness (QED) is 0.219. The van der Waals surface area contributed by atoms with Crippen LogP contribution in [0.1, 0.15) is 67.3 Å². The molecule has 1 amide bonds. The van der Waals surface area contributed by atoms with Crippen LogP contribution in [0.25, 0.3) is 33.5 Å². The van der Waals surface area contributed by atoms with Crippen molar-refractivity contribution in [1.29, 1.82) is 0 Å². The van der Waals surface area contributed by atoms with Crippen LogP contribution in [0.5, 0.6) is 5.75 Å². The van der Waals surface area contributed by atoms with Crippen LogP contribution in [0.2, 0.25) is 0 Å². The van der Waals surface area contributed by atoms with Crippen LogP contribution in [0, 0.1) is 11.8 Å². The Kier molecular flexibility index (Phi) is 8.54. The molecule has 2 aliphatic rings. The largest absolute Gasteiger partial charge is 0.494 e. The lowest BCUT2D eigenvalue weighted by molar-refractivity contribution is 0.0678. The van der Waals surface area contributed by atoms with E-state index in [1.54, 1.807) is 7.11 Å². The summed E-state index contributed by atoms with van der Waals surface area (Å²) < 4.78 is 10.5. The minimum absolute atomic E-state index is 0.0273. The number of carbonyl (C=O) groups excluding carboxylic acids is 1. The Morgan fingerprint density at radius 3 is 2.62 bits per heavy atom. The molecule has 1 saturated carbocycles. The zero-order valence-electron chi connectivity index (χ0n) is 25.3. The second-order valence-electron chi connectivity index (χ2n) is 12.4. The third kappa shape index (κ3) is 5.66. The van der Waals surface area contributed by atoms with Crippen molar-refractivity contribution in [2.45, 2.75) is 64.3 Å². The molecule has 0 unspecified atom stereocenters. The average molecular weight is 571 g/mol. The fourth-order valence-electron chi connectivity index (χ4n) is 6.79. The molecule has 224 valence electrons. The lowest BCUT2D eigenvalue weighted by Crippen LogP contribution is -2.42. The first-order valence-corrected chi connectivity index (χ1v) is 15.9. The Balaban J connectivity index is 1.40. The van der Waals surface area contributed by atoms with Gasteiger partial charge in [-0.2, -0.15) is 0 Å². The average Bonchev–Trinajstić information content (AvgIpc) is 3.68. The standard InChI is InChI=1S/C34H46N6O2/c1-38-32-28(17-27(19-30(32)42-2)34(41)39-16-8-9-24(20-36)21-39)37-33(38)29-18-26-12-7-11-25(10-5-3-4-6-15-35)31(26)40(29)22-23-13-14-23/h7,11-12,17-19,23-24H,3-6,8-10,13-16,20-22,35-36H2,1-2H3/t24-/m0/s1. The van der Waals surface area contributed by atoms with Crippen LogP contribution < -0.4 is 16.2 Å². The molecule has 0 spiro atoms. The molecular formula is C34H46N6O2. The van der Waals surface area contributed by atoms with E-state index in [9.17, 15) is 4.79 Å². The molecule has 3 heterocycles. The molecule has 6 rings (SSSR count). The van der Waals surface area contributed by atoms with Gasteiger partial charge in [-0.15, -0.1) is 0 Å². The zero-order valence-corrected chi connectivity index (χ0v) is 25.3. The van der Waals surface area contributed by atoms with E-state index in [-0.39, 0.29) is 5.91 Å². The van der Waals surface area contributed by atoms with Crippen molar-refractivity contribution in [3.05, 3.63) is 47.5 Å². The number of rotatable bonds is 12. The Morgan fingerprint density at radius 1 is 1.02 bits per heavy atom. The first-order chi connectivity index (χ1) is 20.5. The summed E-state index contributed by atoms with van der Waals surface area (Å²) in [4.78, 5) is 20.7. The van der Waals surface area contributed by atoms with Crippen molar-refractivity contribution in [2.24, 2.45) is 30.4 Å². The van der Waals surface area contributed by atoms with Crippen molar-refractivity contribution >= 4 is 27.8 Å². The number of hydrogen-bond acceptors (Lipinski definition) is 5. The van der Waals surface area contributed by atoms with Gasteiger partial charge < -0.3 is 30.2 Å². The summed E-state index contributed by atoms with van der Waals surface area (Å²) in [6.45, 7) is 3.86. The molecule has 1 atom stereocenters. The third-order valence-electron chi connectivity index (χ3n) is 9.31. The summed E-state index contributed by atoms with van der Waals surface area (Å²) >= 11 is 0. The van der Waals surface area contributed by atoms with Crippen molar-refractivity contribution in [3.63, 3.8) is 0 Å². The maximum absolute atomic E-state index is 13.6. The summed E-state index contributed by atoms with van der Waals surface area (Å²) in [6.07, 6.45) is 10.4. The topological polar surface area (TPSA) is 104 Å². The molecule has 1 aliphatic carbocycles. The molecule has 0 bridgehead atoms. The van der Waals surface area contributed by atoms with E-state index in [2.05, 4.69) is 40.4 Å². The monoisotopic (exact) mass is 570 g/mol. The number of nitrogens with two attached hydrogens (primary N) is 2. The van der Waals surface area contributed by atoms with Crippen LogP contribution in [-0.2, 0) is 20.0 Å². The zero-order chi connectivity index (χ0) is 29.2. The Hall–Kier alpha value is -3.36. The van der Waals surface area contributed by atoms with Crippen LogP contribution in [0.3, 0.4) is 0 Å². The SMILES string of the molecule is COc1cc(C(=O)N2CCC[C@@H](CN)C2)cc2nc(-c3cc4cccc(CCCCCCN)c4n3CC3CC3)n(C)c12. The minimum atomic E-state index is 0.0273. The van der Waals surface area contributed by atoms with E-state index in [0.717, 1.165) is 67.9 Å². The van der Waals surface area contributed by atoms with Crippen molar-refractivity contribution in [2.75, 3.05) is 33.3 Å². The smallest absolute Gasteiger partial charge is 0.254 e. The van der Waals surface area contributed by atoms with Gasteiger partial charge in [-0.3, -0.25) is 4.79 Å². The van der Waals surface area contributed by atoms with Crippen LogP contribution in [0.15, 0.2) is 36.4 Å². The van der Waals surface area contributed by atoms with Crippen LogP contribution in [-0.4, -0.2) is 58.2 Å². The Bertz CT molecular complexity index is 1570. The number of hydrogen-bond donors (Lipinski definition) is 2. The number of nitrogens with zero attached hydrogens (tertiary/aromatic N) is 4. The van der Waals surface area contributed by atoms with Crippen LogP contribution >= 0.6 is 0 Å². The van der Waals surface area contributed by atoms with Gasteiger partial charge in [0.15, 0.2) is 5.82 Å². The summed E-state index contributed by atoms with van der Waals surface area (Å²) in [7, 11) is 3.73. The van der Waals surface area contributed by atoms with Crippen LogP contribution in [0.4, 0.5) is 0 Å². The molecule has 8 nitrogen and oxygen atoms in total. The maximum atomic E-state index is 13.6. The van der Waals surface area contributed by atoms with Gasteiger partial charge >= 0.3 is 0 Å². The molecule has 1 aliphatic heterocycles. The number of methoxy groups -OCH3 is 1. The molecule has 8 heteroatoms. The number of fused-ring (bicyclic) bond motifs is 2. The third-order valence-corrected chi connectivity index (χ3v) is 9.31. The molecule has 2 fully saturated rings. The number of aromatic nitrogens is 3. The second-order valence-corrected chi connectivity index (χ2v) is 12.4. The van der Waals surface area contributed by atoms with Gasteiger partial charge in [0.05, 0.1) is 23.8 Å². The first kappa shape index (κ1) is 28.7. The Morgan fingerprint density at radius 2 is 1.86 bits per heavy atom. The fraction of sp³-hybridized carbons (Fsp3) is 0.529. The molecule has 4 N–H and O–H groups in total. The second kappa shape index (κ2) is 12.5. The lowest BCUT2D eigenvalue weighted by Gasteiger charge is -2.32. The van der Waals surface area contributed by atoms with E-state index in [0.29, 0.717) is 36.2 Å². The molecular weight excluding hydrogens is 524 g/mol. The fourth-order valence-corrected chi connectivity index (χ4v) is 6.79. The highest BCUT2D eigenvalue weighted by atomic mass is 16.5. The van der Waals surface area contributed by atoms with Gasteiger partial charge in [0.25, 0.3) is 5.91 Å². The van der Waals surface area contributed by atoms with Crippen molar-refractivity contribution < 1.29 is 9.53 Å². The Labute approximate surface area is 249 Å². The molecule has 0 radical (unpaired) electrons. The van der Waals surface area contributed by atoms with E-state index in [1.165, 1.54) is 48.6 Å². The van der Waals surface area contributed by atoms with Gasteiger partial charge in [0.1, 0.15) is 11.3 Å². The predicted molar refractivity (Wildman–Crippen MR) is 170 cm³/mol. The summed E-state index contributed by atoms with van der Waals surface area (Å²) in [5.74, 6) is 2.68. The van der Waals surface area contributed by atoms with E-state index < -0.39 is 0 Å². The van der Waals surface area contributed by atoms with Crippen molar-refractivity contribution in [1.82, 2.24) is 19.0 Å². The molecule has 4 aromatic rings. The van der Waals surface area contributed by atoms with Gasteiger partial charge in [-0.05, 0) is 93.6 Å². The summed E-state index contributed by atoms with van der Waals surface area (Å²) in [5, 5.41) is 1.26. The van der Waals surface area contributed by atoms with E-state index >= 15 is 0 Å². The van der Waals surface area contributed by atoms with Gasteiger partial charge in [-0.25, -0.2) is 4.98 Å². The number of aryl methyl sites for hydroxylation is 2. The number of piperidine rings is 1. The number of likely N-dealkylation sites (tertiary alicyclic amines) is 1. The van der Waals surface area contributed by atoms with Gasteiger partial charge in [0, 0.05) is 37.6 Å². The van der Waals surface area contributed by atoms with Gasteiger partial charge in [0.2, 0.25) is 0 Å². The van der Waals surface area contributed by atoms with Gasteiger partial charge in [-0.1, -0.05) is 31.0 Å². The number of carbonyl (C=O) groups is 1. The highest BCUT2D eigenvalue weighted by molar-refractivity contribution is 6.00. The highest BCUT2D eigenvalue weighted by Crippen LogP contribution is 2.39. The summed E-state index contributed by atoms with van der Waals surface area (Å²) in [6, 6.07) is 12.8. The molecule has 2 aromatic carbocycles. The maximum Gasteiger partial charge on any atom is 0.254 e. The number of ether oxygens (including phenoxy) is 1. The number of para-hydroxylation sites is 1. The number of amides is 1. The molecule has 1 saturated heterocycles. The summed E-state index contributed by atoms with van der Waals surface area (Å²) in [5.41, 5.74) is 17.8. The minimum Gasteiger partial charge on any atom is -0.494 e. The normalized spacial score (nSPS) is 17.4. The van der Waals surface area contributed by atoms with E-state index in [4.69, 9.17) is 21.2 Å².